The minimum Gasteiger partial charge on any atom is -0.469 e. The van der Waals surface area contributed by atoms with E-state index in [0.717, 1.165) is 13.1 Å². The molecule has 0 bridgehead atoms. The Bertz CT molecular complexity index is 180. The Hall–Kier alpha value is -0.570. The molecule has 0 N–H and O–H groups in total. The Labute approximate surface area is 93.8 Å². The minimum absolute atomic E-state index is 0.00291. The number of rotatable bonds is 7. The Balaban J connectivity index is 4.10. The Kier molecular flexibility index (Phi) is 7.39. The van der Waals surface area contributed by atoms with Crippen molar-refractivity contribution >= 4 is 5.97 Å². The lowest BCUT2D eigenvalue weighted by Crippen LogP contribution is -2.34. The van der Waals surface area contributed by atoms with Gasteiger partial charge in [0, 0.05) is 6.54 Å². The van der Waals surface area contributed by atoms with Crippen LogP contribution in [0, 0.1) is 11.8 Å². The number of esters is 1. The molecule has 0 saturated carbocycles. The Morgan fingerprint density at radius 2 is 2.00 bits per heavy atom. The van der Waals surface area contributed by atoms with Crippen molar-refractivity contribution in [1.29, 1.82) is 0 Å². The number of nitrogens with zero attached hydrogens (tertiary/aromatic N) is 1. The van der Waals surface area contributed by atoms with Crippen molar-refractivity contribution in [2.45, 2.75) is 33.6 Å². The van der Waals surface area contributed by atoms with Crippen LogP contribution >= 0.6 is 0 Å². The second kappa shape index (κ2) is 7.69. The maximum Gasteiger partial charge on any atom is 0.310 e. The van der Waals surface area contributed by atoms with Gasteiger partial charge in [0.1, 0.15) is 0 Å². The summed E-state index contributed by atoms with van der Waals surface area (Å²) in [5.41, 5.74) is 0. The fraction of sp³-hybridized carbons (Fsp3) is 0.917. The molecule has 0 aromatic rings. The van der Waals surface area contributed by atoms with Gasteiger partial charge in [-0.1, -0.05) is 27.2 Å². The molecule has 0 amide bonds. The van der Waals surface area contributed by atoms with Crippen LogP contribution < -0.4 is 0 Å². The van der Waals surface area contributed by atoms with Gasteiger partial charge in [-0.25, -0.2) is 0 Å². The van der Waals surface area contributed by atoms with E-state index in [1.807, 2.05) is 0 Å². The smallest absolute Gasteiger partial charge is 0.310 e. The molecule has 0 spiro atoms. The summed E-state index contributed by atoms with van der Waals surface area (Å²) in [6, 6.07) is 0. The molecule has 0 heterocycles. The number of carbonyl (C=O) groups is 1. The molecule has 15 heavy (non-hydrogen) atoms. The maximum atomic E-state index is 11.5. The second-order valence-electron chi connectivity index (χ2n) is 4.49. The molecule has 0 aliphatic carbocycles. The highest BCUT2D eigenvalue weighted by Gasteiger charge is 2.24. The largest absolute Gasteiger partial charge is 0.469 e. The molecule has 3 nitrogen and oxygen atoms in total. The molecule has 90 valence electrons. The lowest BCUT2D eigenvalue weighted by atomic mass is 9.95. The molecule has 3 heteroatoms. The predicted octanol–water partition coefficient (Wildman–Crippen LogP) is 2.16. The van der Waals surface area contributed by atoms with Crippen LogP contribution in [0.5, 0.6) is 0 Å². The van der Waals surface area contributed by atoms with Gasteiger partial charge < -0.3 is 9.64 Å². The quantitative estimate of drug-likeness (QED) is 0.610. The molecule has 0 aromatic heterocycles. The van der Waals surface area contributed by atoms with Crippen molar-refractivity contribution in [2.24, 2.45) is 11.8 Å². The first-order chi connectivity index (χ1) is 7.02. The number of carbonyl (C=O) groups excluding carboxylic acids is 1. The van der Waals surface area contributed by atoms with Crippen molar-refractivity contribution in [3.05, 3.63) is 0 Å². The zero-order valence-electron chi connectivity index (χ0n) is 10.7. The zero-order chi connectivity index (χ0) is 11.8. The molecule has 0 saturated heterocycles. The van der Waals surface area contributed by atoms with E-state index in [1.54, 1.807) is 0 Å². The summed E-state index contributed by atoms with van der Waals surface area (Å²) in [5.74, 6) is 0.242. The van der Waals surface area contributed by atoms with Crippen LogP contribution in [-0.2, 0) is 9.53 Å². The van der Waals surface area contributed by atoms with Gasteiger partial charge in [-0.3, -0.25) is 4.79 Å². The van der Waals surface area contributed by atoms with E-state index in [2.05, 4.69) is 32.7 Å². The number of ether oxygens (including phenoxy) is 1. The second-order valence-corrected chi connectivity index (χ2v) is 4.49. The average molecular weight is 215 g/mol. The molecule has 0 aliphatic rings. The number of hydrogen-bond donors (Lipinski definition) is 0. The van der Waals surface area contributed by atoms with Gasteiger partial charge >= 0.3 is 5.97 Å². The molecule has 0 fully saturated rings. The predicted molar refractivity (Wildman–Crippen MR) is 62.7 cm³/mol. The molecule has 1 atom stereocenters. The van der Waals surface area contributed by atoms with E-state index in [0.29, 0.717) is 5.92 Å². The van der Waals surface area contributed by atoms with Crippen LogP contribution in [0.2, 0.25) is 0 Å². The lowest BCUT2D eigenvalue weighted by Gasteiger charge is -2.24. The SMILES string of the molecule is CCCCN(C)CC(C(=O)OC)C(C)C. The number of unbranched alkanes of at least 4 members (excludes halogenated alkanes) is 1. The Morgan fingerprint density at radius 1 is 1.40 bits per heavy atom. The first-order valence-electron chi connectivity index (χ1n) is 5.79. The van der Waals surface area contributed by atoms with Crippen LogP contribution in [0.4, 0.5) is 0 Å². The van der Waals surface area contributed by atoms with E-state index >= 15 is 0 Å². The third-order valence-electron chi connectivity index (χ3n) is 2.71. The van der Waals surface area contributed by atoms with Crippen molar-refractivity contribution in [2.75, 3.05) is 27.2 Å². The molecule has 0 radical (unpaired) electrons. The summed E-state index contributed by atoms with van der Waals surface area (Å²) in [6.45, 7) is 8.15. The van der Waals surface area contributed by atoms with Gasteiger partial charge in [-0.05, 0) is 25.9 Å². The molecule has 0 rings (SSSR count). The van der Waals surface area contributed by atoms with Gasteiger partial charge in [0.2, 0.25) is 0 Å². The van der Waals surface area contributed by atoms with Crippen LogP contribution in [-0.4, -0.2) is 38.1 Å². The van der Waals surface area contributed by atoms with Crippen LogP contribution in [0.25, 0.3) is 0 Å². The highest BCUT2D eigenvalue weighted by Crippen LogP contribution is 2.14. The molecule has 0 aliphatic heterocycles. The third-order valence-corrected chi connectivity index (χ3v) is 2.71. The van der Waals surface area contributed by atoms with Crippen LogP contribution in [0.3, 0.4) is 0 Å². The Morgan fingerprint density at radius 3 is 2.40 bits per heavy atom. The van der Waals surface area contributed by atoms with E-state index < -0.39 is 0 Å². The summed E-state index contributed by atoms with van der Waals surface area (Å²) >= 11 is 0. The maximum absolute atomic E-state index is 11.5. The third kappa shape index (κ3) is 5.78. The standard InChI is InChI=1S/C12H25NO2/c1-6-7-8-13(4)9-11(10(2)3)12(14)15-5/h10-11H,6-9H2,1-5H3. The summed E-state index contributed by atoms with van der Waals surface area (Å²) in [4.78, 5) is 13.7. The highest BCUT2D eigenvalue weighted by atomic mass is 16.5. The van der Waals surface area contributed by atoms with E-state index in [9.17, 15) is 4.79 Å². The minimum atomic E-state index is -0.0895. The van der Waals surface area contributed by atoms with Crippen LogP contribution in [0.15, 0.2) is 0 Å². The van der Waals surface area contributed by atoms with Crippen molar-refractivity contribution in [3.8, 4) is 0 Å². The number of methoxy groups -OCH3 is 1. The van der Waals surface area contributed by atoms with Gasteiger partial charge in [0.15, 0.2) is 0 Å². The fourth-order valence-electron chi connectivity index (χ4n) is 1.56. The van der Waals surface area contributed by atoms with Gasteiger partial charge in [-0.2, -0.15) is 0 Å². The topological polar surface area (TPSA) is 29.5 Å². The first kappa shape index (κ1) is 14.4. The van der Waals surface area contributed by atoms with Gasteiger partial charge in [-0.15, -0.1) is 0 Å². The van der Waals surface area contributed by atoms with Gasteiger partial charge in [0.25, 0.3) is 0 Å². The normalized spacial score (nSPS) is 13.3. The first-order valence-corrected chi connectivity index (χ1v) is 5.79. The summed E-state index contributed by atoms with van der Waals surface area (Å²) in [5, 5.41) is 0. The average Bonchev–Trinajstić information content (AvgIpc) is 2.21. The van der Waals surface area contributed by atoms with Crippen molar-refractivity contribution in [1.82, 2.24) is 4.90 Å². The fourth-order valence-corrected chi connectivity index (χ4v) is 1.56. The molecule has 1 unspecified atom stereocenters. The lowest BCUT2D eigenvalue weighted by molar-refractivity contribution is -0.147. The van der Waals surface area contributed by atoms with Crippen molar-refractivity contribution in [3.63, 3.8) is 0 Å². The van der Waals surface area contributed by atoms with Gasteiger partial charge in [0.05, 0.1) is 13.0 Å². The van der Waals surface area contributed by atoms with Crippen molar-refractivity contribution < 1.29 is 9.53 Å². The monoisotopic (exact) mass is 215 g/mol. The molecular weight excluding hydrogens is 190 g/mol. The van der Waals surface area contributed by atoms with E-state index in [-0.39, 0.29) is 11.9 Å². The molecule has 0 aromatic carbocycles. The summed E-state index contributed by atoms with van der Waals surface area (Å²) in [6.07, 6.45) is 2.37. The van der Waals surface area contributed by atoms with E-state index in [1.165, 1.54) is 20.0 Å². The molecular formula is C12H25NO2. The summed E-state index contributed by atoms with van der Waals surface area (Å²) in [7, 11) is 3.53. The number of hydrogen-bond acceptors (Lipinski definition) is 3. The van der Waals surface area contributed by atoms with Crippen LogP contribution in [0.1, 0.15) is 33.6 Å². The zero-order valence-corrected chi connectivity index (χ0v) is 10.7. The van der Waals surface area contributed by atoms with E-state index in [4.69, 9.17) is 4.74 Å². The summed E-state index contributed by atoms with van der Waals surface area (Å²) < 4.78 is 4.81. The highest BCUT2D eigenvalue weighted by molar-refractivity contribution is 5.72.